The first-order chi connectivity index (χ1) is 11.9. The molecule has 2 N–H and O–H groups in total. The summed E-state index contributed by atoms with van der Waals surface area (Å²) < 4.78 is 6.54. The van der Waals surface area contributed by atoms with Gasteiger partial charge in [0.15, 0.2) is 5.16 Å². The molecule has 0 aliphatic heterocycles. The van der Waals surface area contributed by atoms with Crippen LogP contribution in [0.25, 0.3) is 0 Å². The van der Waals surface area contributed by atoms with E-state index in [9.17, 15) is 9.59 Å². The number of aromatic amines is 1. The van der Waals surface area contributed by atoms with E-state index in [1.807, 2.05) is 32.0 Å². The van der Waals surface area contributed by atoms with Gasteiger partial charge < -0.3 is 10.1 Å². The first kappa shape index (κ1) is 19.3. The molecule has 0 aliphatic carbocycles. The molecule has 1 atom stereocenters. The quantitative estimate of drug-likeness (QED) is 0.554. The number of benzene rings is 1. The number of methoxy groups -OCH3 is 1. The minimum absolute atomic E-state index is 0.129. The zero-order chi connectivity index (χ0) is 18.4. The molecule has 0 saturated carbocycles. The van der Waals surface area contributed by atoms with Crippen LogP contribution < -0.4 is 11.0 Å². The maximum absolute atomic E-state index is 12.5. The Bertz CT molecular complexity index is 784. The summed E-state index contributed by atoms with van der Waals surface area (Å²) in [4.78, 5) is 24.3. The van der Waals surface area contributed by atoms with Crippen molar-refractivity contribution in [2.75, 3.05) is 19.0 Å². The van der Waals surface area contributed by atoms with Gasteiger partial charge in [-0.25, -0.2) is 9.89 Å². The molecule has 1 amide bonds. The average molecular weight is 364 g/mol. The fraction of sp³-hybridized carbons (Fsp3) is 0.471. The summed E-state index contributed by atoms with van der Waals surface area (Å²) in [6.45, 7) is 6.82. The van der Waals surface area contributed by atoms with Crippen molar-refractivity contribution >= 4 is 23.4 Å². The lowest BCUT2D eigenvalue weighted by atomic mass is 10.1. The van der Waals surface area contributed by atoms with Crippen molar-refractivity contribution in [2.45, 2.75) is 44.1 Å². The van der Waals surface area contributed by atoms with Crippen molar-refractivity contribution in [2.24, 2.45) is 0 Å². The molecule has 2 rings (SSSR count). The van der Waals surface area contributed by atoms with Crippen LogP contribution in [0.4, 0.5) is 5.69 Å². The van der Waals surface area contributed by atoms with Crippen LogP contribution in [0.1, 0.15) is 24.5 Å². The van der Waals surface area contributed by atoms with Crippen LogP contribution in [0.3, 0.4) is 0 Å². The molecule has 2 aromatic rings. The third kappa shape index (κ3) is 5.20. The number of hydrogen-bond donors (Lipinski definition) is 2. The van der Waals surface area contributed by atoms with Crippen molar-refractivity contribution in [3.05, 3.63) is 39.8 Å². The summed E-state index contributed by atoms with van der Waals surface area (Å²) in [5.41, 5.74) is 2.68. The number of thioether (sulfide) groups is 1. The molecule has 0 radical (unpaired) electrons. The van der Waals surface area contributed by atoms with Gasteiger partial charge in [-0.2, -0.15) is 0 Å². The predicted molar refractivity (Wildman–Crippen MR) is 99.2 cm³/mol. The Morgan fingerprint density at radius 2 is 2.20 bits per heavy atom. The van der Waals surface area contributed by atoms with Gasteiger partial charge in [-0.15, -0.1) is 5.10 Å². The van der Waals surface area contributed by atoms with Gasteiger partial charge in [0.05, 0.1) is 5.25 Å². The molecule has 136 valence electrons. The van der Waals surface area contributed by atoms with Crippen molar-refractivity contribution in [3.8, 4) is 0 Å². The molecule has 8 heteroatoms. The lowest BCUT2D eigenvalue weighted by molar-refractivity contribution is -0.115. The normalized spacial score (nSPS) is 12.2. The standard InChI is InChI=1S/C17H24N4O3S/c1-11-6-7-14(12(2)10-11)18-15(22)13(3)25-17-20-19-16(23)21(17)8-5-9-24-4/h6-7,10,13H,5,8-9H2,1-4H3,(H,18,22)(H,19,23). The molecule has 0 spiro atoms. The second-order valence-electron chi connectivity index (χ2n) is 5.88. The molecular weight excluding hydrogens is 340 g/mol. The van der Waals surface area contributed by atoms with Gasteiger partial charge in [-0.1, -0.05) is 29.5 Å². The molecular formula is C17H24N4O3S. The Kier molecular flexibility index (Phi) is 6.83. The molecule has 0 fully saturated rings. The lowest BCUT2D eigenvalue weighted by Crippen LogP contribution is -2.24. The number of aromatic nitrogens is 3. The molecule has 25 heavy (non-hydrogen) atoms. The van der Waals surface area contributed by atoms with Crippen LogP contribution in [0.2, 0.25) is 0 Å². The highest BCUT2D eigenvalue weighted by atomic mass is 32.2. The Hall–Kier alpha value is -2.06. The molecule has 1 aromatic heterocycles. The third-order valence-corrected chi connectivity index (χ3v) is 4.83. The Balaban J connectivity index is 2.02. The van der Waals surface area contributed by atoms with Gasteiger partial charge in [0.2, 0.25) is 5.91 Å². The van der Waals surface area contributed by atoms with Crippen molar-refractivity contribution in [1.82, 2.24) is 14.8 Å². The maximum atomic E-state index is 12.5. The van der Waals surface area contributed by atoms with E-state index >= 15 is 0 Å². The minimum Gasteiger partial charge on any atom is -0.385 e. The van der Waals surface area contributed by atoms with E-state index in [1.54, 1.807) is 14.0 Å². The third-order valence-electron chi connectivity index (χ3n) is 3.74. The smallest absolute Gasteiger partial charge is 0.343 e. The molecule has 1 heterocycles. The van der Waals surface area contributed by atoms with Crippen LogP contribution in [0.5, 0.6) is 0 Å². The number of H-pyrrole nitrogens is 1. The molecule has 0 saturated heterocycles. The fourth-order valence-electron chi connectivity index (χ4n) is 2.36. The predicted octanol–water partition coefficient (Wildman–Crippen LogP) is 2.34. The molecule has 1 unspecified atom stereocenters. The van der Waals surface area contributed by atoms with E-state index in [0.29, 0.717) is 24.7 Å². The number of anilines is 1. The van der Waals surface area contributed by atoms with E-state index in [1.165, 1.54) is 16.3 Å². The van der Waals surface area contributed by atoms with E-state index in [0.717, 1.165) is 16.8 Å². The largest absolute Gasteiger partial charge is 0.385 e. The topological polar surface area (TPSA) is 89.0 Å². The fourth-order valence-corrected chi connectivity index (χ4v) is 3.24. The molecule has 0 aliphatic rings. The zero-order valence-corrected chi connectivity index (χ0v) is 15.8. The van der Waals surface area contributed by atoms with Gasteiger partial charge >= 0.3 is 5.69 Å². The number of ether oxygens (including phenoxy) is 1. The summed E-state index contributed by atoms with van der Waals surface area (Å²) >= 11 is 1.25. The zero-order valence-electron chi connectivity index (χ0n) is 15.0. The van der Waals surface area contributed by atoms with E-state index in [2.05, 4.69) is 15.5 Å². The minimum atomic E-state index is -0.392. The van der Waals surface area contributed by atoms with Gasteiger partial charge in [-0.05, 0) is 38.8 Å². The Morgan fingerprint density at radius 3 is 2.88 bits per heavy atom. The summed E-state index contributed by atoms with van der Waals surface area (Å²) in [7, 11) is 1.62. The number of hydrogen-bond acceptors (Lipinski definition) is 5. The average Bonchev–Trinajstić information content (AvgIpc) is 2.90. The second-order valence-corrected chi connectivity index (χ2v) is 7.18. The van der Waals surface area contributed by atoms with Crippen molar-refractivity contribution in [3.63, 3.8) is 0 Å². The Labute approximate surface area is 151 Å². The van der Waals surface area contributed by atoms with Gasteiger partial charge in [0.25, 0.3) is 0 Å². The van der Waals surface area contributed by atoms with Crippen LogP contribution in [0, 0.1) is 13.8 Å². The van der Waals surface area contributed by atoms with Gasteiger partial charge in [0, 0.05) is 25.9 Å². The lowest BCUT2D eigenvalue weighted by Gasteiger charge is -2.14. The molecule has 1 aromatic carbocycles. The summed E-state index contributed by atoms with van der Waals surface area (Å²) in [5, 5.41) is 9.50. The van der Waals surface area contributed by atoms with Crippen LogP contribution in [-0.4, -0.2) is 39.6 Å². The highest BCUT2D eigenvalue weighted by Gasteiger charge is 2.19. The van der Waals surface area contributed by atoms with Gasteiger partial charge in [0.1, 0.15) is 0 Å². The van der Waals surface area contributed by atoms with E-state index < -0.39 is 5.25 Å². The Morgan fingerprint density at radius 1 is 1.44 bits per heavy atom. The molecule has 7 nitrogen and oxygen atoms in total. The number of carbonyl (C=O) groups is 1. The number of aryl methyl sites for hydroxylation is 2. The van der Waals surface area contributed by atoms with Crippen molar-refractivity contribution < 1.29 is 9.53 Å². The number of nitrogens with zero attached hydrogens (tertiary/aromatic N) is 2. The first-order valence-corrected chi connectivity index (χ1v) is 8.99. The van der Waals surface area contributed by atoms with E-state index in [-0.39, 0.29) is 11.6 Å². The second kappa shape index (κ2) is 8.87. The number of rotatable bonds is 8. The van der Waals surface area contributed by atoms with E-state index in [4.69, 9.17) is 4.74 Å². The number of nitrogens with one attached hydrogen (secondary N) is 2. The summed E-state index contributed by atoms with van der Waals surface area (Å²) in [5.74, 6) is -0.129. The summed E-state index contributed by atoms with van der Waals surface area (Å²) in [6.07, 6.45) is 0.701. The summed E-state index contributed by atoms with van der Waals surface area (Å²) in [6, 6.07) is 5.88. The highest BCUT2D eigenvalue weighted by molar-refractivity contribution is 8.00. The highest BCUT2D eigenvalue weighted by Crippen LogP contribution is 2.23. The monoisotopic (exact) mass is 364 g/mol. The number of carbonyl (C=O) groups excluding carboxylic acids is 1. The maximum Gasteiger partial charge on any atom is 0.343 e. The van der Waals surface area contributed by atoms with Crippen LogP contribution >= 0.6 is 11.8 Å². The van der Waals surface area contributed by atoms with Crippen LogP contribution in [-0.2, 0) is 16.1 Å². The first-order valence-electron chi connectivity index (χ1n) is 8.11. The van der Waals surface area contributed by atoms with Crippen LogP contribution in [0.15, 0.2) is 28.2 Å². The van der Waals surface area contributed by atoms with Crippen molar-refractivity contribution in [1.29, 1.82) is 0 Å². The molecule has 0 bridgehead atoms. The SMILES string of the molecule is COCCCn1c(SC(C)C(=O)Nc2ccc(C)cc2C)n[nH]c1=O. The number of amides is 1. The van der Waals surface area contributed by atoms with Gasteiger partial charge in [-0.3, -0.25) is 9.36 Å².